The van der Waals surface area contributed by atoms with Crippen LogP contribution in [0.5, 0.6) is 11.5 Å². The summed E-state index contributed by atoms with van der Waals surface area (Å²) in [5.74, 6) is 0.813. The van der Waals surface area contributed by atoms with Crippen LogP contribution in [-0.2, 0) is 0 Å². The summed E-state index contributed by atoms with van der Waals surface area (Å²) in [6, 6.07) is 11.5. The molecule has 2 aromatic rings. The molecule has 2 aromatic carbocycles. The molecule has 0 fully saturated rings. The zero-order valence-electron chi connectivity index (χ0n) is 14.0. The number of phenolic OH excluding ortho intramolecular Hbond substituents is 2. The van der Waals surface area contributed by atoms with E-state index >= 15 is 0 Å². The number of rotatable bonds is 5. The topological polar surface area (TPSA) is 40.5 Å². The van der Waals surface area contributed by atoms with Crippen molar-refractivity contribution in [1.29, 1.82) is 0 Å². The van der Waals surface area contributed by atoms with Crippen molar-refractivity contribution in [3.8, 4) is 11.5 Å². The molecule has 0 aliphatic carbocycles. The van der Waals surface area contributed by atoms with E-state index in [1.54, 1.807) is 12.1 Å². The first-order chi connectivity index (χ1) is 11.1. The number of hydrogen-bond acceptors (Lipinski definition) is 2. The molecule has 120 valence electrons. The maximum absolute atomic E-state index is 9.95. The molecule has 0 aliphatic heterocycles. The van der Waals surface area contributed by atoms with Crippen LogP contribution in [0.25, 0.3) is 12.2 Å². The molecule has 0 amide bonds. The first kappa shape index (κ1) is 16.9. The summed E-state index contributed by atoms with van der Waals surface area (Å²) in [6.45, 7) is 6.02. The molecule has 0 radical (unpaired) electrons. The largest absolute Gasteiger partial charge is 0.507 e. The van der Waals surface area contributed by atoms with Crippen LogP contribution in [0.15, 0.2) is 48.6 Å². The lowest BCUT2D eigenvalue weighted by Gasteiger charge is -2.18. The van der Waals surface area contributed by atoms with Crippen LogP contribution >= 0.6 is 0 Å². The number of phenols is 2. The molecule has 0 bridgehead atoms. The fourth-order valence-corrected chi connectivity index (χ4v) is 2.87. The highest BCUT2D eigenvalue weighted by Gasteiger charge is 2.15. The first-order valence-electron chi connectivity index (χ1n) is 8.01. The standard InChI is InChI=1S/C21H24O2/c1-4-7-17-13-15(9-11-20(17)22)19(6-3)16-10-12-21(23)18(14-16)8-5-2/h4-5,7-14,19,22-23H,6H2,1-3H3. The van der Waals surface area contributed by atoms with Gasteiger partial charge in [-0.2, -0.15) is 0 Å². The van der Waals surface area contributed by atoms with E-state index in [9.17, 15) is 10.2 Å². The maximum atomic E-state index is 9.95. The summed E-state index contributed by atoms with van der Waals surface area (Å²) in [5.41, 5.74) is 3.98. The highest BCUT2D eigenvalue weighted by Crippen LogP contribution is 2.33. The normalized spacial score (nSPS) is 13.0. The average Bonchev–Trinajstić information content (AvgIpc) is 2.54. The Morgan fingerprint density at radius 1 is 0.826 bits per heavy atom. The van der Waals surface area contributed by atoms with Crippen molar-refractivity contribution in [3.63, 3.8) is 0 Å². The summed E-state index contributed by atoms with van der Waals surface area (Å²) < 4.78 is 0. The molecule has 2 nitrogen and oxygen atoms in total. The van der Waals surface area contributed by atoms with Crippen LogP contribution in [0, 0.1) is 0 Å². The van der Waals surface area contributed by atoms with Crippen LogP contribution in [0.3, 0.4) is 0 Å². The van der Waals surface area contributed by atoms with E-state index in [0.717, 1.165) is 28.7 Å². The lowest BCUT2D eigenvalue weighted by atomic mass is 9.87. The third-order valence-corrected chi connectivity index (χ3v) is 4.01. The summed E-state index contributed by atoms with van der Waals surface area (Å²) >= 11 is 0. The van der Waals surface area contributed by atoms with E-state index in [1.807, 2.05) is 62.4 Å². The van der Waals surface area contributed by atoms with Gasteiger partial charge in [-0.15, -0.1) is 0 Å². The molecule has 0 spiro atoms. The molecule has 0 saturated heterocycles. The highest BCUT2D eigenvalue weighted by atomic mass is 16.3. The van der Waals surface area contributed by atoms with Crippen molar-refractivity contribution in [1.82, 2.24) is 0 Å². The zero-order chi connectivity index (χ0) is 16.8. The molecule has 0 atom stereocenters. The van der Waals surface area contributed by atoms with Crippen LogP contribution in [0.4, 0.5) is 0 Å². The molecular formula is C21H24O2. The third kappa shape index (κ3) is 3.84. The second-order valence-electron chi connectivity index (χ2n) is 5.60. The minimum absolute atomic E-state index is 0.226. The van der Waals surface area contributed by atoms with Gasteiger partial charge in [0.1, 0.15) is 11.5 Å². The molecule has 0 aromatic heterocycles. The second-order valence-corrected chi connectivity index (χ2v) is 5.60. The van der Waals surface area contributed by atoms with Gasteiger partial charge in [0, 0.05) is 17.0 Å². The highest BCUT2D eigenvalue weighted by molar-refractivity contribution is 5.60. The van der Waals surface area contributed by atoms with Gasteiger partial charge in [0.05, 0.1) is 0 Å². The van der Waals surface area contributed by atoms with Crippen molar-refractivity contribution in [2.75, 3.05) is 0 Å². The first-order valence-corrected chi connectivity index (χ1v) is 8.01. The Morgan fingerprint density at radius 3 is 1.61 bits per heavy atom. The molecule has 23 heavy (non-hydrogen) atoms. The van der Waals surface area contributed by atoms with E-state index in [1.165, 1.54) is 0 Å². The molecule has 2 N–H and O–H groups in total. The molecule has 0 unspecified atom stereocenters. The monoisotopic (exact) mass is 308 g/mol. The molecule has 0 aliphatic rings. The van der Waals surface area contributed by atoms with E-state index in [-0.39, 0.29) is 5.92 Å². The number of benzene rings is 2. The summed E-state index contributed by atoms with van der Waals surface area (Å²) in [7, 11) is 0. The van der Waals surface area contributed by atoms with E-state index < -0.39 is 0 Å². The predicted molar refractivity (Wildman–Crippen MR) is 97.8 cm³/mol. The van der Waals surface area contributed by atoms with Gasteiger partial charge in [-0.1, -0.05) is 43.4 Å². The maximum Gasteiger partial charge on any atom is 0.122 e. The Labute approximate surface area is 138 Å². The Hall–Kier alpha value is -2.48. The van der Waals surface area contributed by atoms with E-state index in [2.05, 4.69) is 6.92 Å². The van der Waals surface area contributed by atoms with Gasteiger partial charge in [-0.3, -0.25) is 0 Å². The van der Waals surface area contributed by atoms with Crippen molar-refractivity contribution in [3.05, 3.63) is 70.8 Å². The molecule has 0 saturated carbocycles. The lowest BCUT2D eigenvalue weighted by molar-refractivity contribution is 0.473. The molecule has 2 heteroatoms. The number of allylic oxidation sites excluding steroid dienone is 2. The fourth-order valence-electron chi connectivity index (χ4n) is 2.87. The summed E-state index contributed by atoms with van der Waals surface area (Å²) in [4.78, 5) is 0. The molecule has 2 rings (SSSR count). The smallest absolute Gasteiger partial charge is 0.122 e. The van der Waals surface area contributed by atoms with Gasteiger partial charge in [0.25, 0.3) is 0 Å². The van der Waals surface area contributed by atoms with Crippen molar-refractivity contribution in [2.45, 2.75) is 33.1 Å². The quantitative estimate of drug-likeness (QED) is 0.743. The average molecular weight is 308 g/mol. The minimum Gasteiger partial charge on any atom is -0.507 e. The van der Waals surface area contributed by atoms with Crippen LogP contribution < -0.4 is 0 Å². The lowest BCUT2D eigenvalue weighted by Crippen LogP contribution is -2.00. The van der Waals surface area contributed by atoms with Gasteiger partial charge in [-0.05, 0) is 55.7 Å². The SMILES string of the molecule is CC=Cc1cc(C(CC)c2ccc(O)c(C=CC)c2)ccc1O. The van der Waals surface area contributed by atoms with Crippen molar-refractivity contribution in [2.24, 2.45) is 0 Å². The Morgan fingerprint density at radius 2 is 1.26 bits per heavy atom. The zero-order valence-corrected chi connectivity index (χ0v) is 14.0. The van der Waals surface area contributed by atoms with Gasteiger partial charge < -0.3 is 10.2 Å². The van der Waals surface area contributed by atoms with Gasteiger partial charge >= 0.3 is 0 Å². The van der Waals surface area contributed by atoms with Crippen LogP contribution in [0.2, 0.25) is 0 Å². The Bertz CT molecular complexity index is 665. The van der Waals surface area contributed by atoms with E-state index in [0.29, 0.717) is 11.5 Å². The van der Waals surface area contributed by atoms with Crippen molar-refractivity contribution < 1.29 is 10.2 Å². The van der Waals surface area contributed by atoms with Crippen molar-refractivity contribution >= 4 is 12.2 Å². The van der Waals surface area contributed by atoms with Crippen LogP contribution in [-0.4, -0.2) is 10.2 Å². The third-order valence-electron chi connectivity index (χ3n) is 4.01. The summed E-state index contributed by atoms with van der Waals surface area (Å²) in [5, 5.41) is 19.9. The molecular weight excluding hydrogens is 284 g/mol. The van der Waals surface area contributed by atoms with Gasteiger partial charge in [-0.25, -0.2) is 0 Å². The minimum atomic E-state index is 0.226. The molecule has 0 heterocycles. The fraction of sp³-hybridized carbons (Fsp3) is 0.238. The Kier molecular flexibility index (Phi) is 5.64. The van der Waals surface area contributed by atoms with Gasteiger partial charge in [0.2, 0.25) is 0 Å². The second kappa shape index (κ2) is 7.68. The van der Waals surface area contributed by atoms with Gasteiger partial charge in [0.15, 0.2) is 0 Å². The predicted octanol–water partition coefficient (Wildman–Crippen LogP) is 5.71. The van der Waals surface area contributed by atoms with E-state index in [4.69, 9.17) is 0 Å². The number of hydrogen-bond donors (Lipinski definition) is 2. The van der Waals surface area contributed by atoms with Crippen LogP contribution in [0.1, 0.15) is 55.4 Å². The number of aromatic hydroxyl groups is 2. The summed E-state index contributed by atoms with van der Waals surface area (Å²) in [6.07, 6.45) is 8.61. The Balaban J connectivity index is 2.48.